The van der Waals surface area contributed by atoms with Gasteiger partial charge in [-0.25, -0.2) is 8.78 Å². The SMILES string of the molecule is CCOc1cc2c(cc1OCC)C(c1ccc(F)c(F)c1)NCC2. The molecule has 1 aliphatic heterocycles. The molecule has 3 nitrogen and oxygen atoms in total. The van der Waals surface area contributed by atoms with E-state index in [0.29, 0.717) is 24.5 Å². The normalized spacial score (nSPS) is 16.6. The molecule has 1 heterocycles. The van der Waals surface area contributed by atoms with E-state index in [1.165, 1.54) is 12.1 Å². The average Bonchev–Trinajstić information content (AvgIpc) is 2.58. The fraction of sp³-hybridized carbons (Fsp3) is 0.368. The van der Waals surface area contributed by atoms with Crippen LogP contribution in [0.4, 0.5) is 8.78 Å². The van der Waals surface area contributed by atoms with Crippen LogP contribution in [0.15, 0.2) is 30.3 Å². The zero-order valence-corrected chi connectivity index (χ0v) is 13.9. The van der Waals surface area contributed by atoms with Crippen molar-refractivity contribution in [2.24, 2.45) is 0 Å². The van der Waals surface area contributed by atoms with E-state index >= 15 is 0 Å². The van der Waals surface area contributed by atoms with Gasteiger partial charge in [-0.1, -0.05) is 6.07 Å². The summed E-state index contributed by atoms with van der Waals surface area (Å²) < 4.78 is 38.2. The Kier molecular flexibility index (Phi) is 5.00. The molecule has 0 aliphatic carbocycles. The molecule has 128 valence electrons. The topological polar surface area (TPSA) is 30.5 Å². The molecule has 5 heteroatoms. The molecule has 0 amide bonds. The Morgan fingerprint density at radius 2 is 1.71 bits per heavy atom. The quantitative estimate of drug-likeness (QED) is 0.897. The lowest BCUT2D eigenvalue weighted by Gasteiger charge is -2.29. The van der Waals surface area contributed by atoms with Crippen molar-refractivity contribution in [2.75, 3.05) is 19.8 Å². The summed E-state index contributed by atoms with van der Waals surface area (Å²) in [6.45, 7) is 5.70. The zero-order valence-electron chi connectivity index (χ0n) is 13.9. The lowest BCUT2D eigenvalue weighted by atomic mass is 9.89. The van der Waals surface area contributed by atoms with Crippen LogP contribution < -0.4 is 14.8 Å². The Morgan fingerprint density at radius 1 is 1.00 bits per heavy atom. The predicted molar refractivity (Wildman–Crippen MR) is 88.7 cm³/mol. The van der Waals surface area contributed by atoms with E-state index < -0.39 is 11.6 Å². The number of rotatable bonds is 5. The summed E-state index contributed by atoms with van der Waals surface area (Å²) in [5, 5.41) is 3.37. The van der Waals surface area contributed by atoms with Crippen LogP contribution in [-0.4, -0.2) is 19.8 Å². The second-order valence-corrected chi connectivity index (χ2v) is 5.67. The van der Waals surface area contributed by atoms with Gasteiger partial charge in [0.25, 0.3) is 0 Å². The van der Waals surface area contributed by atoms with E-state index in [2.05, 4.69) is 5.32 Å². The molecule has 24 heavy (non-hydrogen) atoms. The Morgan fingerprint density at radius 3 is 2.38 bits per heavy atom. The third kappa shape index (κ3) is 3.22. The summed E-state index contributed by atoms with van der Waals surface area (Å²) in [7, 11) is 0. The zero-order chi connectivity index (χ0) is 17.1. The number of hydrogen-bond acceptors (Lipinski definition) is 3. The highest BCUT2D eigenvalue weighted by atomic mass is 19.2. The molecular weight excluding hydrogens is 312 g/mol. The van der Waals surface area contributed by atoms with E-state index in [1.54, 1.807) is 6.07 Å². The fourth-order valence-electron chi connectivity index (χ4n) is 3.09. The number of halogens is 2. The number of nitrogens with one attached hydrogen (secondary N) is 1. The van der Waals surface area contributed by atoms with Gasteiger partial charge >= 0.3 is 0 Å². The van der Waals surface area contributed by atoms with Gasteiger partial charge in [-0.3, -0.25) is 0 Å². The molecule has 0 fully saturated rings. The lowest BCUT2D eigenvalue weighted by molar-refractivity contribution is 0.286. The molecule has 0 saturated heterocycles. The van der Waals surface area contributed by atoms with Crippen LogP contribution in [-0.2, 0) is 6.42 Å². The van der Waals surface area contributed by atoms with Gasteiger partial charge in [0, 0.05) is 6.54 Å². The van der Waals surface area contributed by atoms with Crippen molar-refractivity contribution in [3.63, 3.8) is 0 Å². The van der Waals surface area contributed by atoms with Crippen molar-refractivity contribution in [3.05, 3.63) is 58.7 Å². The van der Waals surface area contributed by atoms with Gasteiger partial charge in [-0.05, 0) is 61.2 Å². The molecule has 0 aromatic heterocycles. The summed E-state index contributed by atoms with van der Waals surface area (Å²) in [5.41, 5.74) is 2.84. The van der Waals surface area contributed by atoms with Gasteiger partial charge in [-0.2, -0.15) is 0 Å². The van der Waals surface area contributed by atoms with Gasteiger partial charge in [0.05, 0.1) is 19.3 Å². The first kappa shape index (κ1) is 16.7. The Labute approximate surface area is 140 Å². The molecule has 0 radical (unpaired) electrons. The maximum absolute atomic E-state index is 13.6. The van der Waals surface area contributed by atoms with Gasteiger partial charge in [0.15, 0.2) is 23.1 Å². The highest BCUT2D eigenvalue weighted by molar-refractivity contribution is 5.51. The van der Waals surface area contributed by atoms with Crippen molar-refractivity contribution in [2.45, 2.75) is 26.3 Å². The standard InChI is InChI=1S/C19H21F2NO2/c1-3-23-17-10-12-7-8-22-19(14(12)11-18(17)24-4-2)13-5-6-15(20)16(21)9-13/h5-6,9-11,19,22H,3-4,7-8H2,1-2H3. The summed E-state index contributed by atoms with van der Waals surface area (Å²) >= 11 is 0. The number of fused-ring (bicyclic) bond motifs is 1. The third-order valence-electron chi connectivity index (χ3n) is 4.14. The van der Waals surface area contributed by atoms with Gasteiger partial charge in [0.2, 0.25) is 0 Å². The Bertz CT molecular complexity index is 734. The molecule has 0 bridgehead atoms. The summed E-state index contributed by atoms with van der Waals surface area (Å²) in [6.07, 6.45) is 0.849. The molecule has 1 unspecified atom stereocenters. The van der Waals surface area contributed by atoms with E-state index in [4.69, 9.17) is 9.47 Å². The second-order valence-electron chi connectivity index (χ2n) is 5.67. The first-order valence-corrected chi connectivity index (χ1v) is 8.24. The van der Waals surface area contributed by atoms with E-state index in [-0.39, 0.29) is 6.04 Å². The predicted octanol–water partition coefficient (Wildman–Crippen LogP) is 4.00. The van der Waals surface area contributed by atoms with Crippen molar-refractivity contribution < 1.29 is 18.3 Å². The summed E-state index contributed by atoms with van der Waals surface area (Å²) in [4.78, 5) is 0. The van der Waals surface area contributed by atoms with E-state index in [9.17, 15) is 8.78 Å². The Balaban J connectivity index is 2.05. The number of ether oxygens (including phenoxy) is 2. The Hall–Kier alpha value is -2.14. The molecule has 0 saturated carbocycles. The molecule has 0 spiro atoms. The lowest BCUT2D eigenvalue weighted by Crippen LogP contribution is -2.30. The molecule has 3 rings (SSSR count). The maximum atomic E-state index is 13.6. The summed E-state index contributed by atoms with van der Waals surface area (Å²) in [5.74, 6) is -0.271. The minimum Gasteiger partial charge on any atom is -0.490 e. The van der Waals surface area contributed by atoms with E-state index in [0.717, 1.165) is 29.8 Å². The van der Waals surface area contributed by atoms with Crippen LogP contribution >= 0.6 is 0 Å². The minimum atomic E-state index is -0.837. The molecule has 1 N–H and O–H groups in total. The number of hydrogen-bond donors (Lipinski definition) is 1. The smallest absolute Gasteiger partial charge is 0.161 e. The number of benzene rings is 2. The van der Waals surface area contributed by atoms with Gasteiger partial charge in [-0.15, -0.1) is 0 Å². The van der Waals surface area contributed by atoms with Crippen molar-refractivity contribution in [3.8, 4) is 11.5 Å². The molecule has 2 aromatic rings. The van der Waals surface area contributed by atoms with Gasteiger partial charge in [0.1, 0.15) is 0 Å². The fourth-order valence-corrected chi connectivity index (χ4v) is 3.09. The molecular formula is C19H21F2NO2. The summed E-state index contributed by atoms with van der Waals surface area (Å²) in [6, 6.07) is 7.78. The van der Waals surface area contributed by atoms with Crippen molar-refractivity contribution >= 4 is 0 Å². The van der Waals surface area contributed by atoms with Crippen molar-refractivity contribution in [1.82, 2.24) is 5.32 Å². The van der Waals surface area contributed by atoms with Crippen LogP contribution in [0.2, 0.25) is 0 Å². The van der Waals surface area contributed by atoms with Gasteiger partial charge < -0.3 is 14.8 Å². The van der Waals surface area contributed by atoms with Crippen LogP contribution in [0.1, 0.15) is 36.6 Å². The first-order chi connectivity index (χ1) is 11.6. The molecule has 2 aromatic carbocycles. The van der Waals surface area contributed by atoms with Crippen LogP contribution in [0.5, 0.6) is 11.5 Å². The average molecular weight is 333 g/mol. The monoisotopic (exact) mass is 333 g/mol. The molecule has 1 aliphatic rings. The first-order valence-electron chi connectivity index (χ1n) is 8.24. The third-order valence-corrected chi connectivity index (χ3v) is 4.14. The molecule has 1 atom stereocenters. The minimum absolute atomic E-state index is 0.196. The maximum Gasteiger partial charge on any atom is 0.161 e. The highest BCUT2D eigenvalue weighted by Crippen LogP contribution is 2.38. The highest BCUT2D eigenvalue weighted by Gasteiger charge is 2.24. The second kappa shape index (κ2) is 7.18. The van der Waals surface area contributed by atoms with Crippen LogP contribution in [0.3, 0.4) is 0 Å². The largest absolute Gasteiger partial charge is 0.490 e. The van der Waals surface area contributed by atoms with Crippen LogP contribution in [0.25, 0.3) is 0 Å². The van der Waals surface area contributed by atoms with Crippen LogP contribution in [0, 0.1) is 11.6 Å². The van der Waals surface area contributed by atoms with Crippen molar-refractivity contribution in [1.29, 1.82) is 0 Å². The van der Waals surface area contributed by atoms with E-state index in [1.807, 2.05) is 26.0 Å².